The summed E-state index contributed by atoms with van der Waals surface area (Å²) < 4.78 is 6.13. The van der Waals surface area contributed by atoms with Gasteiger partial charge < -0.3 is 25.6 Å². The lowest BCUT2D eigenvalue weighted by Gasteiger charge is -2.37. The fourth-order valence-electron chi connectivity index (χ4n) is 4.47. The molecule has 33 heavy (non-hydrogen) atoms. The molecular weight excluding hydrogens is 422 g/mol. The smallest absolute Gasteiger partial charge is 0.339 e. The maximum atomic E-state index is 12.8. The summed E-state index contributed by atoms with van der Waals surface area (Å²) in [6.45, 7) is 5.31. The first-order valence-corrected chi connectivity index (χ1v) is 10.9. The zero-order chi connectivity index (χ0) is 23.7. The van der Waals surface area contributed by atoms with Gasteiger partial charge in [-0.3, -0.25) is 9.78 Å². The van der Waals surface area contributed by atoms with Crippen molar-refractivity contribution in [3.63, 3.8) is 0 Å². The standard InChI is InChI=1S/C25H27N3O5/c1-14-12-28(24(30)16-5-3-6-18(29)11-16)10-9-17(14)13-33-20-8-4-7-19-22(20)23(26)21(25(31)32)15(2)27-19/h3-8,11,14,17,29H,9-10,12-13H2,1-2H3,(H2,26,27)(H,31,32)/t14?,17-/m0/s1. The number of nitrogen functional groups attached to an aromatic ring is 1. The number of ether oxygens (including phenoxy) is 1. The topological polar surface area (TPSA) is 126 Å². The van der Waals surface area contributed by atoms with Gasteiger partial charge in [0.1, 0.15) is 17.1 Å². The number of amides is 1. The molecule has 1 fully saturated rings. The Bertz CT molecular complexity index is 1230. The zero-order valence-corrected chi connectivity index (χ0v) is 18.6. The lowest BCUT2D eigenvalue weighted by molar-refractivity contribution is 0.0549. The number of nitrogens with zero attached hydrogens (tertiary/aromatic N) is 2. The van der Waals surface area contributed by atoms with E-state index in [1.807, 2.05) is 6.07 Å². The van der Waals surface area contributed by atoms with Crippen LogP contribution < -0.4 is 10.5 Å². The van der Waals surface area contributed by atoms with Gasteiger partial charge in [0.25, 0.3) is 5.91 Å². The Labute approximate surface area is 191 Å². The fourth-order valence-corrected chi connectivity index (χ4v) is 4.47. The van der Waals surface area contributed by atoms with Gasteiger partial charge in [-0.05, 0) is 55.5 Å². The molecule has 2 aromatic carbocycles. The van der Waals surface area contributed by atoms with E-state index in [0.717, 1.165) is 6.42 Å². The summed E-state index contributed by atoms with van der Waals surface area (Å²) >= 11 is 0. The number of aromatic hydroxyl groups is 1. The second-order valence-corrected chi connectivity index (χ2v) is 8.58. The first kappa shape index (κ1) is 22.4. The Hall–Kier alpha value is -3.81. The minimum atomic E-state index is -1.12. The monoisotopic (exact) mass is 449 g/mol. The molecule has 0 radical (unpaired) electrons. The average molecular weight is 450 g/mol. The van der Waals surface area contributed by atoms with Crippen molar-refractivity contribution in [2.75, 3.05) is 25.4 Å². The van der Waals surface area contributed by atoms with Crippen LogP contribution in [-0.4, -0.2) is 51.7 Å². The number of phenolic OH excluding ortho intramolecular Hbond substituents is 1. The van der Waals surface area contributed by atoms with E-state index in [2.05, 4.69) is 11.9 Å². The number of aromatic nitrogens is 1. The number of carbonyl (C=O) groups excluding carboxylic acids is 1. The van der Waals surface area contributed by atoms with Crippen molar-refractivity contribution in [3.05, 3.63) is 59.3 Å². The molecule has 2 heterocycles. The second kappa shape index (κ2) is 8.97. The largest absolute Gasteiger partial charge is 0.508 e. The number of carbonyl (C=O) groups is 2. The summed E-state index contributed by atoms with van der Waals surface area (Å²) in [6.07, 6.45) is 0.768. The van der Waals surface area contributed by atoms with Crippen LogP contribution in [0.3, 0.4) is 0 Å². The van der Waals surface area contributed by atoms with Crippen LogP contribution in [-0.2, 0) is 0 Å². The Kier molecular flexibility index (Phi) is 6.09. The molecule has 2 atom stereocenters. The van der Waals surface area contributed by atoms with E-state index in [1.54, 1.807) is 42.2 Å². The van der Waals surface area contributed by atoms with Crippen LogP contribution in [0.5, 0.6) is 11.5 Å². The summed E-state index contributed by atoms with van der Waals surface area (Å²) in [6, 6.07) is 11.7. The Balaban J connectivity index is 1.48. The van der Waals surface area contributed by atoms with E-state index in [-0.39, 0.29) is 34.7 Å². The molecule has 0 spiro atoms. The van der Waals surface area contributed by atoms with Crippen LogP contribution in [0.15, 0.2) is 42.5 Å². The molecule has 0 aliphatic carbocycles. The molecular formula is C25H27N3O5. The molecule has 1 unspecified atom stereocenters. The van der Waals surface area contributed by atoms with Crippen molar-refractivity contribution in [2.45, 2.75) is 20.3 Å². The van der Waals surface area contributed by atoms with Gasteiger partial charge in [-0.15, -0.1) is 0 Å². The highest BCUT2D eigenvalue weighted by Crippen LogP contribution is 2.34. The molecule has 1 aliphatic heterocycles. The maximum Gasteiger partial charge on any atom is 0.339 e. The third-order valence-corrected chi connectivity index (χ3v) is 6.32. The predicted molar refractivity (Wildman–Crippen MR) is 125 cm³/mol. The van der Waals surface area contributed by atoms with Gasteiger partial charge in [-0.2, -0.15) is 0 Å². The van der Waals surface area contributed by atoms with Crippen molar-refractivity contribution >= 4 is 28.5 Å². The highest BCUT2D eigenvalue weighted by atomic mass is 16.5. The first-order valence-electron chi connectivity index (χ1n) is 10.9. The van der Waals surface area contributed by atoms with E-state index in [4.69, 9.17) is 10.5 Å². The number of carboxylic acid groups (broad SMARTS) is 1. The Morgan fingerprint density at radius 3 is 2.70 bits per heavy atom. The molecule has 8 heteroatoms. The van der Waals surface area contributed by atoms with Crippen LogP contribution in [0.1, 0.15) is 39.8 Å². The first-order chi connectivity index (χ1) is 15.8. The molecule has 1 aliphatic rings. The third kappa shape index (κ3) is 4.41. The van der Waals surface area contributed by atoms with Gasteiger partial charge in [-0.1, -0.05) is 19.1 Å². The molecule has 0 saturated carbocycles. The molecule has 4 N–H and O–H groups in total. The molecule has 4 rings (SSSR count). The van der Waals surface area contributed by atoms with Gasteiger partial charge >= 0.3 is 5.97 Å². The maximum absolute atomic E-state index is 12.8. The fraction of sp³-hybridized carbons (Fsp3) is 0.320. The van der Waals surface area contributed by atoms with Gasteiger partial charge in [0.2, 0.25) is 0 Å². The number of piperidine rings is 1. The molecule has 172 valence electrons. The van der Waals surface area contributed by atoms with Crippen LogP contribution in [0.25, 0.3) is 10.9 Å². The van der Waals surface area contributed by atoms with Gasteiger partial charge in [0.15, 0.2) is 0 Å². The Morgan fingerprint density at radius 2 is 2.00 bits per heavy atom. The average Bonchev–Trinajstić information content (AvgIpc) is 2.77. The lowest BCUT2D eigenvalue weighted by atomic mass is 9.87. The second-order valence-electron chi connectivity index (χ2n) is 8.58. The lowest BCUT2D eigenvalue weighted by Crippen LogP contribution is -2.44. The normalized spacial score (nSPS) is 18.3. The number of aryl methyl sites for hydroxylation is 1. The molecule has 1 amide bonds. The summed E-state index contributed by atoms with van der Waals surface area (Å²) in [5, 5.41) is 19.7. The summed E-state index contributed by atoms with van der Waals surface area (Å²) in [5.74, 6) is -0.227. The van der Waals surface area contributed by atoms with Gasteiger partial charge in [0, 0.05) is 18.7 Å². The number of hydrogen-bond donors (Lipinski definition) is 3. The summed E-state index contributed by atoms with van der Waals surface area (Å²) in [4.78, 5) is 30.6. The van der Waals surface area contributed by atoms with E-state index in [9.17, 15) is 19.8 Å². The van der Waals surface area contributed by atoms with E-state index < -0.39 is 5.97 Å². The minimum absolute atomic E-state index is 0.00862. The molecule has 3 aromatic rings. The minimum Gasteiger partial charge on any atom is -0.508 e. The zero-order valence-electron chi connectivity index (χ0n) is 18.6. The Morgan fingerprint density at radius 1 is 1.24 bits per heavy atom. The van der Waals surface area contributed by atoms with Crippen LogP contribution >= 0.6 is 0 Å². The van der Waals surface area contributed by atoms with Crippen molar-refractivity contribution < 1.29 is 24.5 Å². The van der Waals surface area contributed by atoms with Gasteiger partial charge in [-0.25, -0.2) is 4.79 Å². The molecule has 1 saturated heterocycles. The number of carboxylic acids is 1. The van der Waals surface area contributed by atoms with Crippen molar-refractivity contribution in [1.82, 2.24) is 9.88 Å². The highest BCUT2D eigenvalue weighted by Gasteiger charge is 2.30. The summed E-state index contributed by atoms with van der Waals surface area (Å²) in [5.41, 5.74) is 7.78. The number of benzene rings is 2. The summed E-state index contributed by atoms with van der Waals surface area (Å²) in [7, 11) is 0. The number of fused-ring (bicyclic) bond motifs is 1. The number of nitrogens with two attached hydrogens (primary N) is 1. The van der Waals surface area contributed by atoms with E-state index in [0.29, 0.717) is 47.6 Å². The molecule has 8 nitrogen and oxygen atoms in total. The SMILES string of the molecule is Cc1nc2cccc(OC[C@@H]3CCN(C(=O)c4cccc(O)c4)CC3C)c2c(N)c1C(=O)O. The predicted octanol–water partition coefficient (Wildman–Crippen LogP) is 3.71. The number of likely N-dealkylation sites (tertiary alicyclic amines) is 1. The van der Waals surface area contributed by atoms with Crippen LogP contribution in [0.2, 0.25) is 0 Å². The number of phenols is 1. The number of hydrogen-bond acceptors (Lipinski definition) is 6. The van der Waals surface area contributed by atoms with E-state index in [1.165, 1.54) is 6.07 Å². The third-order valence-electron chi connectivity index (χ3n) is 6.32. The number of aromatic carboxylic acids is 1. The van der Waals surface area contributed by atoms with Crippen molar-refractivity contribution in [3.8, 4) is 11.5 Å². The van der Waals surface area contributed by atoms with Gasteiger partial charge in [0.05, 0.1) is 28.9 Å². The number of anilines is 1. The molecule has 0 bridgehead atoms. The highest BCUT2D eigenvalue weighted by molar-refractivity contribution is 6.06. The van der Waals surface area contributed by atoms with Crippen LogP contribution in [0, 0.1) is 18.8 Å². The molecule has 1 aromatic heterocycles. The van der Waals surface area contributed by atoms with Crippen LogP contribution in [0.4, 0.5) is 5.69 Å². The number of rotatable bonds is 5. The number of pyridine rings is 1. The van der Waals surface area contributed by atoms with Crippen molar-refractivity contribution in [2.24, 2.45) is 11.8 Å². The van der Waals surface area contributed by atoms with E-state index >= 15 is 0 Å². The quantitative estimate of drug-likeness (QED) is 0.542. The van der Waals surface area contributed by atoms with Crippen molar-refractivity contribution in [1.29, 1.82) is 0 Å².